The summed E-state index contributed by atoms with van der Waals surface area (Å²) in [7, 11) is 3.77. The van der Waals surface area contributed by atoms with Crippen LogP contribution in [0.15, 0.2) is 48.6 Å². The largest absolute Gasteiger partial charge is 0.462 e. The fourth-order valence-corrected chi connectivity index (χ4v) is 5.48. The van der Waals surface area contributed by atoms with Crippen molar-refractivity contribution in [2.24, 2.45) is 0 Å². The van der Waals surface area contributed by atoms with Crippen molar-refractivity contribution in [1.82, 2.24) is 4.90 Å². The number of hydrogen-bond acceptors (Lipinski definition) is 3. The number of unbranched alkanes of at least 4 members (excludes halogenated alkanes) is 18. The Balaban J connectivity index is 4.05. The summed E-state index contributed by atoms with van der Waals surface area (Å²) in [6.45, 7) is 4.52. The van der Waals surface area contributed by atoms with E-state index in [0.717, 1.165) is 38.5 Å². The molecule has 0 fully saturated rings. The molecule has 0 aromatic heterocycles. The molecule has 3 nitrogen and oxygen atoms in total. The van der Waals surface area contributed by atoms with Crippen molar-refractivity contribution in [3.63, 3.8) is 0 Å². The second-order valence-corrected chi connectivity index (χ2v) is 13.2. The first-order chi connectivity index (χ1) is 22.6. The van der Waals surface area contributed by atoms with Crippen molar-refractivity contribution in [1.29, 1.82) is 0 Å². The van der Waals surface area contributed by atoms with Crippen LogP contribution in [0.25, 0.3) is 0 Å². The molecule has 0 heterocycles. The second-order valence-electron chi connectivity index (χ2n) is 13.2. The SMILES string of the molecule is CCCCC/C=C\C/C=C\CCCCCCCCC(CCCCCCCC/C=C\C/C=C\CCCCC)OC(=O)CC#CN(C)C. The van der Waals surface area contributed by atoms with Gasteiger partial charge in [-0.15, -0.1) is 0 Å². The standard InChI is InChI=1S/C43H75NO2/c1-5-7-9-11-13-15-17-19-21-23-25-27-29-31-33-35-38-42(46-43(45)40-37-41-44(3)4)39-36-34-32-30-28-26-24-22-20-18-16-14-12-10-8-6-2/h13-16,19-22,42H,5-12,17-18,23-36,38-40H2,1-4H3/b15-13-,16-14-,21-19-,22-20-. The smallest absolute Gasteiger partial charge is 0.318 e. The number of ether oxygens (including phenoxy) is 1. The minimum Gasteiger partial charge on any atom is -0.462 e. The number of hydrogen-bond donors (Lipinski definition) is 0. The van der Waals surface area contributed by atoms with E-state index in [1.807, 2.05) is 14.1 Å². The van der Waals surface area contributed by atoms with Gasteiger partial charge in [0.05, 0.1) is 0 Å². The summed E-state index contributed by atoms with van der Waals surface area (Å²) in [6, 6.07) is 2.92. The van der Waals surface area contributed by atoms with Crippen molar-refractivity contribution in [3.8, 4) is 12.0 Å². The molecule has 0 saturated heterocycles. The quantitative estimate of drug-likeness (QED) is 0.0242. The predicted octanol–water partition coefficient (Wildman–Crippen LogP) is 13.2. The maximum absolute atomic E-state index is 12.4. The highest BCUT2D eigenvalue weighted by Gasteiger charge is 2.13. The average molecular weight is 638 g/mol. The summed E-state index contributed by atoms with van der Waals surface area (Å²) < 4.78 is 5.90. The highest BCUT2D eigenvalue weighted by atomic mass is 16.5. The molecule has 0 aliphatic rings. The van der Waals surface area contributed by atoms with Gasteiger partial charge in [-0.05, 0) is 89.9 Å². The number of esters is 1. The highest BCUT2D eigenvalue weighted by Crippen LogP contribution is 2.18. The van der Waals surface area contributed by atoms with Crippen LogP contribution in [0.5, 0.6) is 0 Å². The molecule has 0 spiro atoms. The first kappa shape index (κ1) is 43.8. The van der Waals surface area contributed by atoms with Gasteiger partial charge in [-0.2, -0.15) is 0 Å². The van der Waals surface area contributed by atoms with Crippen LogP contribution in [-0.2, 0) is 9.53 Å². The lowest BCUT2D eigenvalue weighted by Gasteiger charge is -2.17. The van der Waals surface area contributed by atoms with Gasteiger partial charge in [0.1, 0.15) is 12.5 Å². The average Bonchev–Trinajstić information content (AvgIpc) is 3.04. The van der Waals surface area contributed by atoms with Gasteiger partial charge >= 0.3 is 5.97 Å². The summed E-state index contributed by atoms with van der Waals surface area (Å²) in [6.07, 6.45) is 50.9. The van der Waals surface area contributed by atoms with Gasteiger partial charge in [0.2, 0.25) is 0 Å². The van der Waals surface area contributed by atoms with Crippen molar-refractivity contribution >= 4 is 5.97 Å². The van der Waals surface area contributed by atoms with Gasteiger partial charge in [0, 0.05) is 20.1 Å². The third kappa shape index (κ3) is 36.3. The van der Waals surface area contributed by atoms with E-state index in [-0.39, 0.29) is 18.5 Å². The van der Waals surface area contributed by atoms with E-state index in [2.05, 4.69) is 74.4 Å². The van der Waals surface area contributed by atoms with Crippen LogP contribution in [0.1, 0.15) is 187 Å². The lowest BCUT2D eigenvalue weighted by atomic mass is 10.0. The number of carbonyl (C=O) groups excluding carboxylic acids is 1. The van der Waals surface area contributed by atoms with Crippen LogP contribution in [0.4, 0.5) is 0 Å². The van der Waals surface area contributed by atoms with Crippen LogP contribution >= 0.6 is 0 Å². The molecule has 0 saturated carbocycles. The molecular formula is C43H75NO2. The van der Waals surface area contributed by atoms with Gasteiger partial charge in [-0.1, -0.05) is 145 Å². The van der Waals surface area contributed by atoms with E-state index < -0.39 is 0 Å². The summed E-state index contributed by atoms with van der Waals surface area (Å²) in [5.74, 6) is 2.76. The monoisotopic (exact) mass is 638 g/mol. The fourth-order valence-electron chi connectivity index (χ4n) is 5.48. The lowest BCUT2D eigenvalue weighted by Crippen LogP contribution is -2.18. The third-order valence-corrected chi connectivity index (χ3v) is 8.29. The lowest BCUT2D eigenvalue weighted by molar-refractivity contribution is -0.148. The molecule has 0 aliphatic carbocycles. The molecule has 0 aromatic carbocycles. The first-order valence-electron chi connectivity index (χ1n) is 19.5. The van der Waals surface area contributed by atoms with Gasteiger partial charge in [-0.3, -0.25) is 4.79 Å². The van der Waals surface area contributed by atoms with E-state index in [9.17, 15) is 4.79 Å². The summed E-state index contributed by atoms with van der Waals surface area (Å²) >= 11 is 0. The highest BCUT2D eigenvalue weighted by molar-refractivity contribution is 5.72. The Morgan fingerprint density at radius 3 is 1.30 bits per heavy atom. The van der Waals surface area contributed by atoms with Crippen LogP contribution in [0, 0.1) is 12.0 Å². The molecule has 0 aromatic rings. The predicted molar refractivity (Wildman–Crippen MR) is 204 cm³/mol. The maximum Gasteiger partial charge on any atom is 0.318 e. The Morgan fingerprint density at radius 1 is 0.543 bits per heavy atom. The first-order valence-corrected chi connectivity index (χ1v) is 19.5. The van der Waals surface area contributed by atoms with Crippen molar-refractivity contribution in [3.05, 3.63) is 48.6 Å². The Kier molecular flexibility index (Phi) is 35.5. The van der Waals surface area contributed by atoms with Crippen molar-refractivity contribution < 1.29 is 9.53 Å². The number of carbonyl (C=O) groups is 1. The second kappa shape index (κ2) is 37.2. The van der Waals surface area contributed by atoms with E-state index in [1.165, 1.54) is 128 Å². The van der Waals surface area contributed by atoms with E-state index in [0.29, 0.717) is 0 Å². The van der Waals surface area contributed by atoms with Crippen LogP contribution in [0.3, 0.4) is 0 Å². The Morgan fingerprint density at radius 2 is 0.913 bits per heavy atom. The zero-order valence-corrected chi connectivity index (χ0v) is 31.1. The minimum atomic E-state index is -0.167. The van der Waals surface area contributed by atoms with Crippen molar-refractivity contribution in [2.45, 2.75) is 193 Å². The molecule has 0 unspecified atom stereocenters. The molecule has 0 radical (unpaired) electrons. The summed E-state index contributed by atoms with van der Waals surface area (Å²) in [5.41, 5.74) is 0. The summed E-state index contributed by atoms with van der Waals surface area (Å²) in [5, 5.41) is 0. The maximum atomic E-state index is 12.4. The minimum absolute atomic E-state index is 0.0466. The molecule has 0 amide bonds. The molecule has 46 heavy (non-hydrogen) atoms. The van der Waals surface area contributed by atoms with E-state index in [1.54, 1.807) is 4.90 Å². The Labute approximate surface area is 287 Å². The summed E-state index contributed by atoms with van der Waals surface area (Å²) in [4.78, 5) is 14.2. The molecular weight excluding hydrogens is 562 g/mol. The molecule has 3 heteroatoms. The Hall–Kier alpha value is -2.21. The zero-order valence-electron chi connectivity index (χ0n) is 31.1. The zero-order chi connectivity index (χ0) is 33.6. The molecule has 264 valence electrons. The molecule has 0 bridgehead atoms. The molecule has 0 N–H and O–H groups in total. The van der Waals surface area contributed by atoms with E-state index >= 15 is 0 Å². The third-order valence-electron chi connectivity index (χ3n) is 8.29. The van der Waals surface area contributed by atoms with Gasteiger partial charge < -0.3 is 9.64 Å². The molecule has 0 aliphatic heterocycles. The normalized spacial score (nSPS) is 11.8. The van der Waals surface area contributed by atoms with Crippen LogP contribution < -0.4 is 0 Å². The van der Waals surface area contributed by atoms with E-state index in [4.69, 9.17) is 4.74 Å². The number of rotatable bonds is 32. The van der Waals surface area contributed by atoms with Gasteiger partial charge in [0.15, 0.2) is 0 Å². The van der Waals surface area contributed by atoms with Gasteiger partial charge in [-0.25, -0.2) is 0 Å². The van der Waals surface area contributed by atoms with Gasteiger partial charge in [0.25, 0.3) is 0 Å². The fraction of sp³-hybridized carbons (Fsp3) is 0.744. The van der Waals surface area contributed by atoms with Crippen LogP contribution in [0.2, 0.25) is 0 Å². The topological polar surface area (TPSA) is 29.5 Å². The molecule has 0 atom stereocenters. The number of allylic oxidation sites excluding steroid dienone is 8. The van der Waals surface area contributed by atoms with Crippen molar-refractivity contribution in [2.75, 3.05) is 14.1 Å². The Bertz CT molecular complexity index is 777. The number of nitrogens with zero attached hydrogens (tertiary/aromatic N) is 1. The van der Waals surface area contributed by atoms with Crippen LogP contribution in [-0.4, -0.2) is 31.1 Å². The molecule has 0 rings (SSSR count).